The second-order valence-corrected chi connectivity index (χ2v) is 6.48. The molecule has 7 heteroatoms. The predicted molar refractivity (Wildman–Crippen MR) is 105 cm³/mol. The lowest BCUT2D eigenvalue weighted by Gasteiger charge is -2.08. The number of carbonyl (C=O) groups excluding carboxylic acids is 1. The summed E-state index contributed by atoms with van der Waals surface area (Å²) in [6.07, 6.45) is 4.82. The first-order valence-corrected chi connectivity index (χ1v) is 8.99. The maximum atomic E-state index is 12.6. The summed E-state index contributed by atoms with van der Waals surface area (Å²) in [6.45, 7) is 3.02. The van der Waals surface area contributed by atoms with Crippen molar-refractivity contribution in [1.82, 2.24) is 29.9 Å². The average Bonchev–Trinajstić information content (AvgIpc) is 3.37. The molecule has 2 aromatic carbocycles. The van der Waals surface area contributed by atoms with Crippen molar-refractivity contribution in [2.75, 3.05) is 0 Å². The maximum absolute atomic E-state index is 12.6. The van der Waals surface area contributed by atoms with E-state index in [9.17, 15) is 4.79 Å². The molecule has 4 rings (SSSR count). The molecule has 0 radical (unpaired) electrons. The van der Waals surface area contributed by atoms with Gasteiger partial charge in [0, 0.05) is 6.54 Å². The van der Waals surface area contributed by atoms with Crippen molar-refractivity contribution in [3.05, 3.63) is 95.8 Å². The van der Waals surface area contributed by atoms with Crippen LogP contribution < -0.4 is 5.32 Å². The van der Waals surface area contributed by atoms with Crippen LogP contribution in [0.25, 0.3) is 5.69 Å². The first-order chi connectivity index (χ1) is 13.7. The van der Waals surface area contributed by atoms with Crippen molar-refractivity contribution >= 4 is 5.91 Å². The van der Waals surface area contributed by atoms with E-state index in [-0.39, 0.29) is 5.91 Å². The topological polar surface area (TPSA) is 77.6 Å². The zero-order valence-electron chi connectivity index (χ0n) is 15.5. The van der Waals surface area contributed by atoms with Gasteiger partial charge in [-0.1, -0.05) is 42.5 Å². The van der Waals surface area contributed by atoms with Crippen molar-refractivity contribution in [3.8, 4) is 5.69 Å². The Labute approximate surface area is 162 Å². The third-order valence-corrected chi connectivity index (χ3v) is 4.54. The van der Waals surface area contributed by atoms with Crippen LogP contribution in [0, 0.1) is 6.92 Å². The van der Waals surface area contributed by atoms with Gasteiger partial charge in [0.25, 0.3) is 5.91 Å². The van der Waals surface area contributed by atoms with Crippen LogP contribution in [0.1, 0.15) is 27.2 Å². The van der Waals surface area contributed by atoms with E-state index in [0.717, 1.165) is 22.5 Å². The van der Waals surface area contributed by atoms with E-state index in [4.69, 9.17) is 0 Å². The molecule has 0 saturated carbocycles. The number of nitrogens with one attached hydrogen (secondary N) is 1. The lowest BCUT2D eigenvalue weighted by atomic mass is 10.1. The number of hydrogen-bond acceptors (Lipinski definition) is 4. The van der Waals surface area contributed by atoms with Crippen LogP contribution in [0.15, 0.2) is 73.4 Å². The quantitative estimate of drug-likeness (QED) is 0.565. The summed E-state index contributed by atoms with van der Waals surface area (Å²) in [7, 11) is 0. The largest absolute Gasteiger partial charge is 0.348 e. The normalized spacial score (nSPS) is 10.8. The van der Waals surface area contributed by atoms with Gasteiger partial charge < -0.3 is 5.32 Å². The zero-order chi connectivity index (χ0) is 19.3. The Bertz CT molecular complexity index is 1050. The Morgan fingerprint density at radius 2 is 1.75 bits per heavy atom. The fraction of sp³-hybridized carbons (Fsp3) is 0.143. The smallest absolute Gasteiger partial charge is 0.255 e. The summed E-state index contributed by atoms with van der Waals surface area (Å²) in [6, 6.07) is 17.8. The molecule has 2 aromatic heterocycles. The van der Waals surface area contributed by atoms with Gasteiger partial charge in [0.05, 0.1) is 29.7 Å². The van der Waals surface area contributed by atoms with Crippen LogP contribution in [0.5, 0.6) is 0 Å². The van der Waals surface area contributed by atoms with Crippen LogP contribution >= 0.6 is 0 Å². The summed E-state index contributed by atoms with van der Waals surface area (Å²) in [5.74, 6) is -0.133. The molecule has 28 heavy (non-hydrogen) atoms. The second-order valence-electron chi connectivity index (χ2n) is 6.48. The highest BCUT2D eigenvalue weighted by molar-refractivity contribution is 5.95. The summed E-state index contributed by atoms with van der Waals surface area (Å²) < 4.78 is 3.54. The molecule has 0 saturated heterocycles. The molecular formula is C21H20N6O. The van der Waals surface area contributed by atoms with E-state index >= 15 is 0 Å². The van der Waals surface area contributed by atoms with Crippen molar-refractivity contribution in [3.63, 3.8) is 0 Å². The number of para-hydroxylation sites is 1. The van der Waals surface area contributed by atoms with E-state index in [2.05, 4.69) is 20.5 Å². The van der Waals surface area contributed by atoms with Gasteiger partial charge in [-0.05, 0) is 30.2 Å². The number of amides is 1. The zero-order valence-corrected chi connectivity index (χ0v) is 15.5. The number of nitrogens with zero attached hydrogens (tertiary/aromatic N) is 5. The monoisotopic (exact) mass is 372 g/mol. The molecule has 0 aliphatic heterocycles. The van der Waals surface area contributed by atoms with Crippen LogP contribution in [0.2, 0.25) is 0 Å². The molecule has 7 nitrogen and oxygen atoms in total. The average molecular weight is 372 g/mol. The lowest BCUT2D eigenvalue weighted by Crippen LogP contribution is -2.23. The fourth-order valence-corrected chi connectivity index (χ4v) is 3.00. The number of carbonyl (C=O) groups is 1. The lowest BCUT2D eigenvalue weighted by molar-refractivity contribution is 0.0950. The van der Waals surface area contributed by atoms with Gasteiger partial charge in [-0.3, -0.25) is 4.79 Å². The second kappa shape index (κ2) is 7.87. The highest BCUT2D eigenvalue weighted by Gasteiger charge is 2.14. The predicted octanol–water partition coefficient (Wildman–Crippen LogP) is 2.75. The number of rotatable bonds is 6. The van der Waals surface area contributed by atoms with Crippen molar-refractivity contribution in [2.45, 2.75) is 20.0 Å². The van der Waals surface area contributed by atoms with E-state index in [1.54, 1.807) is 21.9 Å². The Morgan fingerprint density at radius 1 is 1.00 bits per heavy atom. The van der Waals surface area contributed by atoms with E-state index < -0.39 is 0 Å². The van der Waals surface area contributed by atoms with Gasteiger partial charge in [-0.2, -0.15) is 10.2 Å². The van der Waals surface area contributed by atoms with E-state index in [1.807, 2.05) is 61.5 Å². The first-order valence-electron chi connectivity index (χ1n) is 8.99. The highest BCUT2D eigenvalue weighted by atomic mass is 16.1. The highest BCUT2D eigenvalue weighted by Crippen LogP contribution is 2.14. The third-order valence-electron chi connectivity index (χ3n) is 4.54. The van der Waals surface area contributed by atoms with E-state index in [0.29, 0.717) is 18.7 Å². The minimum atomic E-state index is -0.133. The third kappa shape index (κ3) is 3.83. The molecule has 140 valence electrons. The van der Waals surface area contributed by atoms with Gasteiger partial charge in [0.1, 0.15) is 12.7 Å². The van der Waals surface area contributed by atoms with Crippen molar-refractivity contribution < 1.29 is 4.79 Å². The van der Waals surface area contributed by atoms with Crippen LogP contribution in [-0.4, -0.2) is 30.5 Å². The number of hydrogen-bond donors (Lipinski definition) is 1. The molecular weight excluding hydrogens is 352 g/mol. The standard InChI is InChI=1S/C21H20N6O/c1-16-20(12-24-27(16)19-5-3-2-4-6-19)21(28)23-11-17-7-9-18(10-8-17)13-26-15-22-14-25-26/h2-10,12,14-15H,11,13H2,1H3,(H,23,28). The minimum Gasteiger partial charge on any atom is -0.348 e. The van der Waals surface area contributed by atoms with Crippen molar-refractivity contribution in [2.24, 2.45) is 0 Å². The van der Waals surface area contributed by atoms with Crippen molar-refractivity contribution in [1.29, 1.82) is 0 Å². The van der Waals surface area contributed by atoms with Crippen LogP contribution in [-0.2, 0) is 13.1 Å². The van der Waals surface area contributed by atoms with Gasteiger partial charge in [-0.15, -0.1) is 0 Å². The molecule has 0 bridgehead atoms. The maximum Gasteiger partial charge on any atom is 0.255 e. The summed E-state index contributed by atoms with van der Waals surface area (Å²) in [4.78, 5) is 16.5. The number of aromatic nitrogens is 5. The summed E-state index contributed by atoms with van der Waals surface area (Å²) in [5.41, 5.74) is 4.48. The first kappa shape index (κ1) is 17.7. The minimum absolute atomic E-state index is 0.133. The Hall–Kier alpha value is -3.74. The SMILES string of the molecule is Cc1c(C(=O)NCc2ccc(Cn3cncn3)cc2)cnn1-c1ccccc1. The Balaban J connectivity index is 1.39. The Morgan fingerprint density at radius 3 is 2.46 bits per heavy atom. The number of benzene rings is 2. The molecule has 2 heterocycles. The summed E-state index contributed by atoms with van der Waals surface area (Å²) in [5, 5.41) is 11.4. The van der Waals surface area contributed by atoms with Gasteiger partial charge in [0.15, 0.2) is 0 Å². The molecule has 1 N–H and O–H groups in total. The van der Waals surface area contributed by atoms with Gasteiger partial charge in [-0.25, -0.2) is 14.3 Å². The fourth-order valence-electron chi connectivity index (χ4n) is 3.00. The molecule has 1 amide bonds. The molecule has 0 unspecified atom stereocenters. The Kier molecular flexibility index (Phi) is 4.97. The molecule has 0 spiro atoms. The van der Waals surface area contributed by atoms with E-state index in [1.165, 1.54) is 6.33 Å². The van der Waals surface area contributed by atoms with Crippen LogP contribution in [0.4, 0.5) is 0 Å². The molecule has 4 aromatic rings. The van der Waals surface area contributed by atoms with Crippen LogP contribution in [0.3, 0.4) is 0 Å². The molecule has 0 atom stereocenters. The van der Waals surface area contributed by atoms with Gasteiger partial charge in [0.2, 0.25) is 0 Å². The molecule has 0 aliphatic carbocycles. The van der Waals surface area contributed by atoms with Gasteiger partial charge >= 0.3 is 0 Å². The molecule has 0 aliphatic rings. The molecule has 0 fully saturated rings. The summed E-state index contributed by atoms with van der Waals surface area (Å²) >= 11 is 0.